The molecular formula is C24H26F2N4O. The molecule has 2 fully saturated rings. The average Bonchev–Trinajstić information content (AvgIpc) is 3.24. The standard InChI is InChI=1S/C24H26F2N4O/c25-21-6-5-17(13-22(21)26)14-24(31)28-19-7-10-30(16-19)20-8-11-29(12-9-20)23-4-2-1-3-18(23)15-27/h1-6,13,19-20H,7-12,14,16H2,(H,28,31)/t19-/m1/s1. The summed E-state index contributed by atoms with van der Waals surface area (Å²) < 4.78 is 26.4. The van der Waals surface area contributed by atoms with Crippen molar-refractivity contribution in [1.29, 1.82) is 5.26 Å². The monoisotopic (exact) mass is 424 g/mol. The van der Waals surface area contributed by atoms with Crippen molar-refractivity contribution < 1.29 is 13.6 Å². The molecule has 0 aliphatic carbocycles. The number of halogens is 2. The van der Waals surface area contributed by atoms with Gasteiger partial charge in [-0.2, -0.15) is 5.26 Å². The van der Waals surface area contributed by atoms with Crippen LogP contribution in [0.25, 0.3) is 0 Å². The van der Waals surface area contributed by atoms with E-state index < -0.39 is 11.6 Å². The third-order valence-corrected chi connectivity index (χ3v) is 6.28. The number of hydrogen-bond acceptors (Lipinski definition) is 4. The predicted octanol–water partition coefficient (Wildman–Crippen LogP) is 3.24. The summed E-state index contributed by atoms with van der Waals surface area (Å²) in [6.07, 6.45) is 2.98. The molecule has 5 nitrogen and oxygen atoms in total. The van der Waals surface area contributed by atoms with Crippen LogP contribution in [0.1, 0.15) is 30.4 Å². The maximum absolute atomic E-state index is 13.3. The fraction of sp³-hybridized carbons (Fsp3) is 0.417. The summed E-state index contributed by atoms with van der Waals surface area (Å²) in [5.74, 6) is -2.00. The van der Waals surface area contributed by atoms with E-state index in [0.29, 0.717) is 17.2 Å². The number of rotatable bonds is 5. The molecule has 2 aromatic rings. The van der Waals surface area contributed by atoms with Gasteiger partial charge in [0.2, 0.25) is 5.91 Å². The van der Waals surface area contributed by atoms with E-state index in [9.17, 15) is 18.8 Å². The molecule has 162 valence electrons. The lowest BCUT2D eigenvalue weighted by molar-refractivity contribution is -0.121. The summed E-state index contributed by atoms with van der Waals surface area (Å²) in [7, 11) is 0. The Morgan fingerprint density at radius 2 is 1.84 bits per heavy atom. The van der Waals surface area contributed by atoms with Crippen LogP contribution in [-0.4, -0.2) is 49.1 Å². The van der Waals surface area contributed by atoms with E-state index in [1.807, 2.05) is 24.3 Å². The second-order valence-electron chi connectivity index (χ2n) is 8.32. The number of benzene rings is 2. The van der Waals surface area contributed by atoms with E-state index in [0.717, 1.165) is 63.3 Å². The van der Waals surface area contributed by atoms with E-state index in [4.69, 9.17) is 0 Å². The molecule has 1 amide bonds. The number of carbonyl (C=O) groups is 1. The summed E-state index contributed by atoms with van der Waals surface area (Å²) in [6, 6.07) is 14.1. The highest BCUT2D eigenvalue weighted by Crippen LogP contribution is 2.27. The van der Waals surface area contributed by atoms with Gasteiger partial charge >= 0.3 is 0 Å². The summed E-state index contributed by atoms with van der Waals surface area (Å²) in [4.78, 5) is 17.1. The third kappa shape index (κ3) is 5.02. The lowest BCUT2D eigenvalue weighted by Gasteiger charge is -2.38. The Labute approximate surface area is 181 Å². The van der Waals surface area contributed by atoms with E-state index >= 15 is 0 Å². The van der Waals surface area contributed by atoms with Gasteiger partial charge in [-0.25, -0.2) is 8.78 Å². The van der Waals surface area contributed by atoms with Crippen LogP contribution in [-0.2, 0) is 11.2 Å². The van der Waals surface area contributed by atoms with Crippen molar-refractivity contribution in [2.45, 2.75) is 37.8 Å². The molecule has 31 heavy (non-hydrogen) atoms. The molecule has 2 aromatic carbocycles. The zero-order valence-corrected chi connectivity index (χ0v) is 17.4. The quantitative estimate of drug-likeness (QED) is 0.801. The molecule has 7 heteroatoms. The number of para-hydroxylation sites is 1. The number of hydrogen-bond donors (Lipinski definition) is 1. The number of amides is 1. The Bertz CT molecular complexity index is 982. The summed E-state index contributed by atoms with van der Waals surface area (Å²) in [5.41, 5.74) is 2.19. The highest BCUT2D eigenvalue weighted by atomic mass is 19.2. The molecular weight excluding hydrogens is 398 g/mol. The third-order valence-electron chi connectivity index (χ3n) is 6.28. The van der Waals surface area contributed by atoms with Gasteiger partial charge in [-0.05, 0) is 49.1 Å². The van der Waals surface area contributed by atoms with Crippen LogP contribution in [0.4, 0.5) is 14.5 Å². The molecule has 1 atom stereocenters. The van der Waals surface area contributed by atoms with Crippen molar-refractivity contribution in [3.05, 3.63) is 65.2 Å². The van der Waals surface area contributed by atoms with Gasteiger partial charge < -0.3 is 10.2 Å². The second kappa shape index (κ2) is 9.44. The first-order valence-electron chi connectivity index (χ1n) is 10.7. The number of nitrogens with zero attached hydrogens (tertiary/aromatic N) is 3. The molecule has 2 heterocycles. The molecule has 0 bridgehead atoms. The highest BCUT2D eigenvalue weighted by Gasteiger charge is 2.31. The van der Waals surface area contributed by atoms with Crippen molar-refractivity contribution in [3.8, 4) is 6.07 Å². The van der Waals surface area contributed by atoms with Crippen LogP contribution in [0.15, 0.2) is 42.5 Å². The van der Waals surface area contributed by atoms with Gasteiger partial charge in [0.1, 0.15) is 6.07 Å². The first kappa shape index (κ1) is 21.3. The molecule has 0 aromatic heterocycles. The Morgan fingerprint density at radius 1 is 1.06 bits per heavy atom. The molecule has 2 aliphatic heterocycles. The van der Waals surface area contributed by atoms with Crippen molar-refractivity contribution in [1.82, 2.24) is 10.2 Å². The van der Waals surface area contributed by atoms with Gasteiger partial charge in [-0.1, -0.05) is 18.2 Å². The van der Waals surface area contributed by atoms with Crippen LogP contribution >= 0.6 is 0 Å². The molecule has 0 radical (unpaired) electrons. The Kier molecular flexibility index (Phi) is 6.47. The van der Waals surface area contributed by atoms with Crippen LogP contribution in [0.3, 0.4) is 0 Å². The SMILES string of the molecule is N#Cc1ccccc1N1CCC(N2CC[C@@H](NC(=O)Cc3ccc(F)c(F)c3)C2)CC1. The van der Waals surface area contributed by atoms with E-state index in [1.54, 1.807) is 0 Å². The molecule has 2 aliphatic rings. The Balaban J connectivity index is 1.25. The first-order chi connectivity index (χ1) is 15.0. The van der Waals surface area contributed by atoms with Crippen LogP contribution in [0, 0.1) is 23.0 Å². The second-order valence-corrected chi connectivity index (χ2v) is 8.32. The van der Waals surface area contributed by atoms with Crippen LogP contribution in [0.2, 0.25) is 0 Å². The fourth-order valence-electron chi connectivity index (χ4n) is 4.67. The van der Waals surface area contributed by atoms with E-state index in [1.165, 1.54) is 6.07 Å². The maximum Gasteiger partial charge on any atom is 0.224 e. The topological polar surface area (TPSA) is 59.4 Å². The average molecular weight is 424 g/mol. The molecule has 0 unspecified atom stereocenters. The number of likely N-dealkylation sites (tertiary alicyclic amines) is 1. The first-order valence-corrected chi connectivity index (χ1v) is 10.7. The predicted molar refractivity (Wildman–Crippen MR) is 115 cm³/mol. The Morgan fingerprint density at radius 3 is 2.58 bits per heavy atom. The minimum Gasteiger partial charge on any atom is -0.370 e. The van der Waals surface area contributed by atoms with Crippen molar-refractivity contribution >= 4 is 11.6 Å². The molecule has 1 N–H and O–H groups in total. The number of nitrogens with one attached hydrogen (secondary N) is 1. The zero-order chi connectivity index (χ0) is 21.8. The van der Waals surface area contributed by atoms with E-state index in [2.05, 4.69) is 21.2 Å². The molecule has 0 saturated carbocycles. The number of nitriles is 1. The smallest absolute Gasteiger partial charge is 0.224 e. The van der Waals surface area contributed by atoms with Crippen LogP contribution < -0.4 is 10.2 Å². The Hall–Kier alpha value is -2.98. The zero-order valence-electron chi connectivity index (χ0n) is 17.4. The molecule has 2 saturated heterocycles. The van der Waals surface area contributed by atoms with Crippen molar-refractivity contribution in [2.24, 2.45) is 0 Å². The summed E-state index contributed by atoms with van der Waals surface area (Å²) in [6.45, 7) is 3.57. The highest BCUT2D eigenvalue weighted by molar-refractivity contribution is 5.78. The fourth-order valence-corrected chi connectivity index (χ4v) is 4.67. The van der Waals surface area contributed by atoms with E-state index in [-0.39, 0.29) is 18.4 Å². The molecule has 0 spiro atoms. The molecule has 4 rings (SSSR count). The van der Waals surface area contributed by atoms with Gasteiger partial charge in [-0.3, -0.25) is 9.69 Å². The normalized spacial score (nSPS) is 19.9. The minimum atomic E-state index is -0.930. The van der Waals surface area contributed by atoms with Gasteiger partial charge in [0.15, 0.2) is 11.6 Å². The maximum atomic E-state index is 13.3. The van der Waals surface area contributed by atoms with Gasteiger partial charge in [0, 0.05) is 38.3 Å². The lowest BCUT2D eigenvalue weighted by atomic mass is 10.0. The summed E-state index contributed by atoms with van der Waals surface area (Å²) in [5, 5.41) is 12.4. The van der Waals surface area contributed by atoms with Gasteiger partial charge in [0.25, 0.3) is 0 Å². The number of carbonyl (C=O) groups excluding carboxylic acids is 1. The number of anilines is 1. The van der Waals surface area contributed by atoms with Crippen molar-refractivity contribution in [2.75, 3.05) is 31.1 Å². The summed E-state index contributed by atoms with van der Waals surface area (Å²) >= 11 is 0. The van der Waals surface area contributed by atoms with Crippen LogP contribution in [0.5, 0.6) is 0 Å². The number of piperidine rings is 1. The lowest BCUT2D eigenvalue weighted by Crippen LogP contribution is -2.46. The van der Waals surface area contributed by atoms with Gasteiger partial charge in [0.05, 0.1) is 17.7 Å². The largest absolute Gasteiger partial charge is 0.370 e. The van der Waals surface area contributed by atoms with Gasteiger partial charge in [-0.15, -0.1) is 0 Å². The van der Waals surface area contributed by atoms with Crippen molar-refractivity contribution in [3.63, 3.8) is 0 Å². The minimum absolute atomic E-state index is 0.0460.